The largest absolute Gasteiger partial charge is 0.481 e. The van der Waals surface area contributed by atoms with Gasteiger partial charge in [0.05, 0.1) is 12.0 Å². The van der Waals surface area contributed by atoms with Gasteiger partial charge >= 0.3 is 11.9 Å². The Hall–Kier alpha value is -1.10. The fraction of sp³-hybridized carbons (Fsp3) is 0.818. The molecule has 0 bridgehead atoms. The van der Waals surface area contributed by atoms with Crippen LogP contribution in [0.1, 0.15) is 46.5 Å². The molecule has 0 spiro atoms. The topological polar surface area (TPSA) is 83.8 Å². The van der Waals surface area contributed by atoms with Crippen LogP contribution in [0.5, 0.6) is 0 Å². The van der Waals surface area contributed by atoms with E-state index in [0.717, 1.165) is 0 Å². The van der Waals surface area contributed by atoms with Crippen LogP contribution in [-0.4, -0.2) is 33.9 Å². The van der Waals surface area contributed by atoms with Crippen LogP contribution >= 0.6 is 0 Å². The summed E-state index contributed by atoms with van der Waals surface area (Å²) in [6, 6.07) is 0. The van der Waals surface area contributed by atoms with E-state index in [1.807, 2.05) is 20.8 Å². The number of ether oxygens (including phenoxy) is 1. The van der Waals surface area contributed by atoms with Crippen molar-refractivity contribution in [2.24, 2.45) is 0 Å². The molecular formula is C11H20O5. The van der Waals surface area contributed by atoms with E-state index in [2.05, 4.69) is 0 Å². The van der Waals surface area contributed by atoms with Gasteiger partial charge in [0.1, 0.15) is 0 Å². The predicted molar refractivity (Wildman–Crippen MR) is 58.4 cm³/mol. The van der Waals surface area contributed by atoms with Crippen LogP contribution in [0.4, 0.5) is 0 Å². The first-order chi connectivity index (χ1) is 7.40. The molecule has 0 heterocycles. The van der Waals surface area contributed by atoms with Gasteiger partial charge in [0.2, 0.25) is 0 Å². The highest BCUT2D eigenvalue weighted by Crippen LogP contribution is 2.27. The molecule has 0 aliphatic carbocycles. The number of aliphatic carboxylic acids is 2. The van der Waals surface area contributed by atoms with E-state index >= 15 is 0 Å². The molecule has 0 aromatic carbocycles. The molecule has 5 nitrogen and oxygen atoms in total. The van der Waals surface area contributed by atoms with Crippen LogP contribution < -0.4 is 0 Å². The van der Waals surface area contributed by atoms with Crippen LogP contribution in [0.3, 0.4) is 0 Å². The first kappa shape index (κ1) is 14.9. The summed E-state index contributed by atoms with van der Waals surface area (Å²) in [7, 11) is 0. The Bertz CT molecular complexity index is 236. The molecule has 0 aromatic heterocycles. The van der Waals surface area contributed by atoms with Crippen LogP contribution in [-0.2, 0) is 14.3 Å². The Morgan fingerprint density at radius 1 is 1.12 bits per heavy atom. The normalized spacial score (nSPS) is 13.4. The van der Waals surface area contributed by atoms with E-state index in [1.165, 1.54) is 0 Å². The Kier molecular flexibility index (Phi) is 6.03. The van der Waals surface area contributed by atoms with Crippen molar-refractivity contribution >= 4 is 11.9 Å². The van der Waals surface area contributed by atoms with Crippen molar-refractivity contribution in [3.05, 3.63) is 0 Å². The molecule has 5 heteroatoms. The maximum Gasteiger partial charge on any atom is 0.333 e. The third kappa shape index (κ3) is 4.18. The smallest absolute Gasteiger partial charge is 0.333 e. The number of carbonyl (C=O) groups is 2. The summed E-state index contributed by atoms with van der Waals surface area (Å²) >= 11 is 0. The Balaban J connectivity index is 4.70. The van der Waals surface area contributed by atoms with Gasteiger partial charge in [-0.1, -0.05) is 20.8 Å². The zero-order chi connectivity index (χ0) is 12.8. The van der Waals surface area contributed by atoms with Crippen molar-refractivity contribution in [3.63, 3.8) is 0 Å². The van der Waals surface area contributed by atoms with Crippen molar-refractivity contribution in [2.45, 2.75) is 58.2 Å². The Morgan fingerprint density at radius 3 is 1.81 bits per heavy atom. The molecule has 0 radical (unpaired) electrons. The standard InChI is InChI=1S/C11H20O5/c1-4-11(5-2,6-3)16-8(10(14)15)7-9(12)13/h8H,4-7H2,1-3H3,(H,12,13)(H,14,15). The zero-order valence-corrected chi connectivity index (χ0v) is 10.0. The number of hydrogen-bond donors (Lipinski definition) is 2. The van der Waals surface area contributed by atoms with Gasteiger partial charge in [-0.15, -0.1) is 0 Å². The van der Waals surface area contributed by atoms with Crippen molar-refractivity contribution in [1.82, 2.24) is 0 Å². The molecule has 1 unspecified atom stereocenters. The lowest BCUT2D eigenvalue weighted by atomic mass is 9.93. The Labute approximate surface area is 95.4 Å². The SMILES string of the molecule is CCC(CC)(CC)OC(CC(=O)O)C(=O)O. The lowest BCUT2D eigenvalue weighted by molar-refractivity contribution is -0.172. The third-order valence-electron chi connectivity index (χ3n) is 2.96. The highest BCUT2D eigenvalue weighted by atomic mass is 16.5. The second kappa shape index (κ2) is 6.48. The van der Waals surface area contributed by atoms with Gasteiger partial charge in [0.25, 0.3) is 0 Å². The molecule has 16 heavy (non-hydrogen) atoms. The highest BCUT2D eigenvalue weighted by Gasteiger charge is 2.33. The summed E-state index contributed by atoms with van der Waals surface area (Å²) in [5, 5.41) is 17.5. The molecule has 0 aliphatic rings. The Morgan fingerprint density at radius 2 is 1.56 bits per heavy atom. The summed E-state index contributed by atoms with van der Waals surface area (Å²) in [5.41, 5.74) is -0.529. The first-order valence-corrected chi connectivity index (χ1v) is 5.53. The second-order valence-electron chi connectivity index (χ2n) is 3.79. The van der Waals surface area contributed by atoms with Gasteiger partial charge in [-0.05, 0) is 19.3 Å². The average molecular weight is 232 g/mol. The van der Waals surface area contributed by atoms with Crippen molar-refractivity contribution < 1.29 is 24.5 Å². The molecule has 0 saturated heterocycles. The van der Waals surface area contributed by atoms with Gasteiger partial charge < -0.3 is 14.9 Å². The number of hydrogen-bond acceptors (Lipinski definition) is 3. The van der Waals surface area contributed by atoms with Crippen molar-refractivity contribution in [3.8, 4) is 0 Å². The van der Waals surface area contributed by atoms with Gasteiger partial charge in [-0.2, -0.15) is 0 Å². The van der Waals surface area contributed by atoms with E-state index in [1.54, 1.807) is 0 Å². The van der Waals surface area contributed by atoms with Crippen LogP contribution in [0.2, 0.25) is 0 Å². The van der Waals surface area contributed by atoms with E-state index < -0.39 is 30.1 Å². The lowest BCUT2D eigenvalue weighted by Gasteiger charge is -2.33. The third-order valence-corrected chi connectivity index (χ3v) is 2.96. The van der Waals surface area contributed by atoms with Gasteiger partial charge in [0, 0.05) is 0 Å². The molecular weight excluding hydrogens is 212 g/mol. The molecule has 0 amide bonds. The van der Waals surface area contributed by atoms with Crippen LogP contribution in [0.15, 0.2) is 0 Å². The quantitative estimate of drug-likeness (QED) is 0.667. The molecule has 1 atom stereocenters. The van der Waals surface area contributed by atoms with Crippen molar-refractivity contribution in [2.75, 3.05) is 0 Å². The summed E-state index contributed by atoms with van der Waals surface area (Å²) in [5.74, 6) is -2.38. The fourth-order valence-corrected chi connectivity index (χ4v) is 1.64. The van der Waals surface area contributed by atoms with Gasteiger partial charge in [0.15, 0.2) is 6.10 Å². The summed E-state index contributed by atoms with van der Waals surface area (Å²) in [4.78, 5) is 21.4. The zero-order valence-electron chi connectivity index (χ0n) is 10.0. The minimum atomic E-state index is -1.27. The molecule has 0 fully saturated rings. The van der Waals surface area contributed by atoms with Crippen LogP contribution in [0.25, 0.3) is 0 Å². The van der Waals surface area contributed by atoms with Gasteiger partial charge in [-0.25, -0.2) is 4.79 Å². The number of carboxylic acid groups (broad SMARTS) is 2. The molecule has 0 aromatic rings. The summed E-state index contributed by atoms with van der Waals surface area (Å²) < 4.78 is 5.48. The van der Waals surface area contributed by atoms with E-state index in [0.29, 0.717) is 19.3 Å². The molecule has 2 N–H and O–H groups in total. The second-order valence-corrected chi connectivity index (χ2v) is 3.79. The average Bonchev–Trinajstić information content (AvgIpc) is 2.24. The maximum atomic E-state index is 10.9. The summed E-state index contributed by atoms with van der Waals surface area (Å²) in [6.07, 6.45) is 0.241. The lowest BCUT2D eigenvalue weighted by Crippen LogP contribution is -2.39. The fourth-order valence-electron chi connectivity index (χ4n) is 1.64. The minimum absolute atomic E-state index is 0.503. The highest BCUT2D eigenvalue weighted by molar-refractivity contribution is 5.79. The van der Waals surface area contributed by atoms with E-state index in [-0.39, 0.29) is 0 Å². The molecule has 94 valence electrons. The predicted octanol–water partition coefficient (Wildman–Crippen LogP) is 1.90. The minimum Gasteiger partial charge on any atom is -0.481 e. The maximum absolute atomic E-state index is 10.9. The number of rotatable bonds is 8. The number of carboxylic acids is 2. The van der Waals surface area contributed by atoms with E-state index in [9.17, 15) is 9.59 Å². The van der Waals surface area contributed by atoms with Crippen LogP contribution in [0, 0.1) is 0 Å². The molecule has 0 aliphatic heterocycles. The van der Waals surface area contributed by atoms with E-state index in [4.69, 9.17) is 14.9 Å². The molecule has 0 saturated carbocycles. The van der Waals surface area contributed by atoms with Gasteiger partial charge in [-0.3, -0.25) is 4.79 Å². The summed E-state index contributed by atoms with van der Waals surface area (Å²) in [6.45, 7) is 5.73. The first-order valence-electron chi connectivity index (χ1n) is 5.53. The van der Waals surface area contributed by atoms with Crippen molar-refractivity contribution in [1.29, 1.82) is 0 Å². The monoisotopic (exact) mass is 232 g/mol. The molecule has 0 rings (SSSR count).